The first-order valence-corrected chi connectivity index (χ1v) is 10.7. The number of hydrogen-bond donors (Lipinski definition) is 3. The van der Waals surface area contributed by atoms with Gasteiger partial charge < -0.3 is 15.2 Å². The fourth-order valence-corrected chi connectivity index (χ4v) is 3.80. The predicted molar refractivity (Wildman–Crippen MR) is 117 cm³/mol. The maximum Gasteiger partial charge on any atom is 0.420 e. The number of carbonyl (C=O) groups excluding carboxylic acids is 2. The highest BCUT2D eigenvalue weighted by atomic mass is 19.4. The van der Waals surface area contributed by atoms with E-state index in [0.29, 0.717) is 6.92 Å². The van der Waals surface area contributed by atoms with Crippen LogP contribution in [-0.2, 0) is 14.3 Å². The molecule has 3 N–H and O–H groups in total. The lowest BCUT2D eigenvalue weighted by Crippen LogP contribution is -2.65. The van der Waals surface area contributed by atoms with Crippen molar-refractivity contribution in [3.63, 3.8) is 0 Å². The van der Waals surface area contributed by atoms with E-state index < -0.39 is 35.6 Å². The highest BCUT2D eigenvalue weighted by Gasteiger charge is 2.58. The Morgan fingerprint density at radius 3 is 2.06 bits per heavy atom. The van der Waals surface area contributed by atoms with E-state index in [-0.39, 0.29) is 25.5 Å². The van der Waals surface area contributed by atoms with E-state index in [0.717, 1.165) is 22.3 Å². The summed E-state index contributed by atoms with van der Waals surface area (Å²) in [6, 6.07) is 15.0. The highest BCUT2D eigenvalue weighted by Crippen LogP contribution is 2.44. The first-order valence-electron chi connectivity index (χ1n) is 10.7. The van der Waals surface area contributed by atoms with Gasteiger partial charge in [-0.05, 0) is 35.6 Å². The first-order chi connectivity index (χ1) is 16.0. The fourth-order valence-electron chi connectivity index (χ4n) is 3.80. The molecule has 1 aliphatic carbocycles. The second kappa shape index (κ2) is 9.74. The number of carboxylic acids is 1. The molecule has 0 aliphatic heterocycles. The summed E-state index contributed by atoms with van der Waals surface area (Å²) < 4.78 is 46.4. The molecule has 0 spiro atoms. The lowest BCUT2D eigenvalue weighted by Gasteiger charge is -2.31. The summed E-state index contributed by atoms with van der Waals surface area (Å²) in [5, 5.41) is 12.6. The van der Waals surface area contributed by atoms with Crippen LogP contribution in [-0.4, -0.2) is 47.9 Å². The molecule has 10 heteroatoms. The first kappa shape index (κ1) is 25.1. The average Bonchev–Trinajstić information content (AvgIpc) is 3.10. The molecule has 0 heterocycles. The Morgan fingerprint density at radius 1 is 1.03 bits per heavy atom. The van der Waals surface area contributed by atoms with Crippen LogP contribution in [0.2, 0.25) is 0 Å². The summed E-state index contributed by atoms with van der Waals surface area (Å²) in [6.45, 7) is 1.38. The van der Waals surface area contributed by atoms with Gasteiger partial charge in [0, 0.05) is 12.5 Å². The number of nitrogens with one attached hydrogen (secondary N) is 2. The quantitative estimate of drug-likeness (QED) is 0.531. The number of carboxylic acid groups (broad SMARTS) is 1. The van der Waals surface area contributed by atoms with Crippen molar-refractivity contribution in [3.8, 4) is 11.1 Å². The van der Waals surface area contributed by atoms with Crippen molar-refractivity contribution in [3.05, 3.63) is 59.7 Å². The third kappa shape index (κ3) is 5.00. The molecule has 0 radical (unpaired) electrons. The minimum atomic E-state index is -5.12. The van der Waals surface area contributed by atoms with Crippen molar-refractivity contribution in [2.45, 2.75) is 37.9 Å². The minimum Gasteiger partial charge on any atom is -0.481 e. The van der Waals surface area contributed by atoms with E-state index in [1.165, 1.54) is 6.92 Å². The molecule has 3 rings (SSSR count). The van der Waals surface area contributed by atoms with Crippen LogP contribution in [0.15, 0.2) is 48.5 Å². The van der Waals surface area contributed by atoms with Gasteiger partial charge in [0.05, 0.1) is 5.92 Å². The molecule has 7 nitrogen and oxygen atoms in total. The molecule has 1 aliphatic rings. The smallest absolute Gasteiger partial charge is 0.420 e. The highest BCUT2D eigenvalue weighted by molar-refractivity contribution is 5.90. The van der Waals surface area contributed by atoms with Crippen LogP contribution < -0.4 is 10.6 Å². The zero-order chi connectivity index (χ0) is 25.1. The molecule has 0 saturated carbocycles. The Bertz CT molecular complexity index is 1040. The monoisotopic (exact) mass is 478 g/mol. The van der Waals surface area contributed by atoms with Crippen LogP contribution in [0.5, 0.6) is 0 Å². The molecule has 182 valence electrons. The number of benzene rings is 2. The van der Waals surface area contributed by atoms with E-state index in [9.17, 15) is 27.6 Å². The van der Waals surface area contributed by atoms with Crippen molar-refractivity contribution in [2.24, 2.45) is 5.92 Å². The molecule has 2 unspecified atom stereocenters. The van der Waals surface area contributed by atoms with Gasteiger partial charge in [0.15, 0.2) is 0 Å². The van der Waals surface area contributed by atoms with E-state index in [2.05, 4.69) is 5.32 Å². The van der Waals surface area contributed by atoms with Gasteiger partial charge in [0.1, 0.15) is 6.61 Å². The van der Waals surface area contributed by atoms with Gasteiger partial charge in [-0.1, -0.05) is 55.5 Å². The lowest BCUT2D eigenvalue weighted by molar-refractivity contribution is -0.194. The molecular weight excluding hydrogens is 453 g/mol. The van der Waals surface area contributed by atoms with E-state index in [4.69, 9.17) is 9.84 Å². The third-order valence-corrected chi connectivity index (χ3v) is 6.00. The lowest BCUT2D eigenvalue weighted by atomic mass is 9.98. The van der Waals surface area contributed by atoms with Gasteiger partial charge in [-0.2, -0.15) is 13.2 Å². The van der Waals surface area contributed by atoms with Crippen molar-refractivity contribution in [1.82, 2.24) is 10.6 Å². The van der Waals surface area contributed by atoms with Gasteiger partial charge in [-0.15, -0.1) is 0 Å². The van der Waals surface area contributed by atoms with E-state index >= 15 is 0 Å². The number of alkyl carbamates (subject to hydrolysis) is 1. The molecule has 0 aromatic heterocycles. The normalized spacial score (nSPS) is 15.4. The Balaban J connectivity index is 1.68. The Kier molecular flexibility index (Phi) is 7.18. The Hall–Kier alpha value is -3.56. The van der Waals surface area contributed by atoms with Gasteiger partial charge in [-0.25, -0.2) is 4.79 Å². The summed E-state index contributed by atoms with van der Waals surface area (Å²) in [4.78, 5) is 35.6. The number of alkyl halides is 3. The number of aliphatic carboxylic acids is 1. The maximum atomic E-state index is 13.7. The molecule has 0 fully saturated rings. The van der Waals surface area contributed by atoms with Crippen LogP contribution >= 0.6 is 0 Å². The summed E-state index contributed by atoms with van der Waals surface area (Å²) in [5.41, 5.74) is 0.437. The number of rotatable bonds is 8. The second-order valence-electron chi connectivity index (χ2n) is 8.36. The van der Waals surface area contributed by atoms with Crippen LogP contribution in [0.1, 0.15) is 37.3 Å². The van der Waals surface area contributed by atoms with Gasteiger partial charge >= 0.3 is 18.2 Å². The largest absolute Gasteiger partial charge is 0.481 e. The zero-order valence-electron chi connectivity index (χ0n) is 18.6. The summed E-state index contributed by atoms with van der Waals surface area (Å²) in [7, 11) is 0. The molecule has 0 bridgehead atoms. The van der Waals surface area contributed by atoms with Gasteiger partial charge in [-0.3, -0.25) is 14.9 Å². The number of halogens is 3. The molecule has 2 aromatic rings. The van der Waals surface area contributed by atoms with Crippen LogP contribution in [0.25, 0.3) is 11.1 Å². The number of ether oxygens (including phenoxy) is 1. The number of carbonyl (C=O) groups is 3. The zero-order valence-corrected chi connectivity index (χ0v) is 18.6. The summed E-state index contributed by atoms with van der Waals surface area (Å²) in [5.74, 6) is -3.86. The van der Waals surface area contributed by atoms with E-state index in [1.54, 1.807) is 5.32 Å². The molecular formula is C24H25F3N2O5. The SMILES string of the molecule is CC(CCNC(=O)C(C)(NC(=O)OCC1c2ccccc2-c2ccccc21)C(F)(F)F)C(=O)O. The fraction of sp³-hybridized carbons (Fsp3) is 0.375. The molecule has 0 saturated heterocycles. The van der Waals surface area contributed by atoms with Crippen LogP contribution in [0.4, 0.5) is 18.0 Å². The minimum absolute atomic E-state index is 0.0695. The number of fused-ring (bicyclic) bond motifs is 3. The Labute approximate surface area is 194 Å². The van der Waals surface area contributed by atoms with E-state index in [1.807, 2.05) is 48.5 Å². The van der Waals surface area contributed by atoms with Gasteiger partial charge in [0.25, 0.3) is 5.91 Å². The van der Waals surface area contributed by atoms with Crippen molar-refractivity contribution in [1.29, 1.82) is 0 Å². The van der Waals surface area contributed by atoms with Crippen molar-refractivity contribution >= 4 is 18.0 Å². The molecule has 2 amide bonds. The van der Waals surface area contributed by atoms with Crippen molar-refractivity contribution < 1.29 is 37.4 Å². The van der Waals surface area contributed by atoms with Crippen LogP contribution in [0, 0.1) is 5.92 Å². The molecule has 34 heavy (non-hydrogen) atoms. The Morgan fingerprint density at radius 2 is 1.56 bits per heavy atom. The third-order valence-electron chi connectivity index (χ3n) is 6.00. The second-order valence-corrected chi connectivity index (χ2v) is 8.36. The molecule has 2 atom stereocenters. The average molecular weight is 478 g/mol. The predicted octanol–water partition coefficient (Wildman–Crippen LogP) is 4.07. The van der Waals surface area contributed by atoms with Crippen molar-refractivity contribution in [2.75, 3.05) is 13.2 Å². The topological polar surface area (TPSA) is 105 Å². The summed E-state index contributed by atoms with van der Waals surface area (Å²) in [6.07, 6.45) is -6.59. The van der Waals surface area contributed by atoms with Gasteiger partial charge in [0.2, 0.25) is 5.54 Å². The van der Waals surface area contributed by atoms with Crippen LogP contribution in [0.3, 0.4) is 0 Å². The molecule has 2 aromatic carbocycles. The standard InChI is InChI=1S/C24H25F3N2O5/c1-14(20(30)31)11-12-28-21(32)23(2,24(25,26)27)29-22(33)34-13-19-17-9-5-3-7-15(17)16-8-4-6-10-18(16)19/h3-10,14,19H,11-13H2,1-2H3,(H,28,32)(H,29,33)(H,30,31). The summed E-state index contributed by atoms with van der Waals surface area (Å²) >= 11 is 0. The number of amides is 2. The maximum absolute atomic E-state index is 13.7. The number of hydrogen-bond acceptors (Lipinski definition) is 4.